The van der Waals surface area contributed by atoms with E-state index in [4.69, 9.17) is 0 Å². The number of sulfonamides is 1. The van der Waals surface area contributed by atoms with Crippen molar-refractivity contribution in [3.63, 3.8) is 0 Å². The summed E-state index contributed by atoms with van der Waals surface area (Å²) >= 11 is 0. The zero-order valence-corrected chi connectivity index (χ0v) is 11.6. The smallest absolute Gasteiger partial charge is 0.214 e. The summed E-state index contributed by atoms with van der Waals surface area (Å²) in [5.41, 5.74) is 2.02. The molecular weight excluding hydrogens is 236 g/mol. The third kappa shape index (κ3) is 4.09. The molecule has 1 aromatic rings. The predicted molar refractivity (Wildman–Crippen MR) is 69.3 cm³/mol. The van der Waals surface area contributed by atoms with Crippen molar-refractivity contribution in [3.05, 3.63) is 29.6 Å². The number of nitrogens with one attached hydrogen (secondary N) is 1. The monoisotopic (exact) mass is 256 g/mol. The Morgan fingerprint density at radius 2 is 2.00 bits per heavy atom. The Morgan fingerprint density at radius 3 is 2.53 bits per heavy atom. The van der Waals surface area contributed by atoms with Crippen LogP contribution in [0.2, 0.25) is 0 Å². The van der Waals surface area contributed by atoms with Crippen LogP contribution in [0.25, 0.3) is 0 Å². The van der Waals surface area contributed by atoms with Gasteiger partial charge in [-0.1, -0.05) is 6.07 Å². The van der Waals surface area contributed by atoms with Gasteiger partial charge in [0.2, 0.25) is 10.0 Å². The fraction of sp³-hybridized carbons (Fsp3) is 0.583. The summed E-state index contributed by atoms with van der Waals surface area (Å²) in [5, 5.41) is -0.408. The van der Waals surface area contributed by atoms with E-state index < -0.39 is 15.3 Å². The minimum atomic E-state index is -3.21. The lowest BCUT2D eigenvalue weighted by Crippen LogP contribution is -2.38. The Bertz CT molecular complexity index is 469. The highest BCUT2D eigenvalue weighted by Crippen LogP contribution is 2.07. The van der Waals surface area contributed by atoms with Crippen LogP contribution >= 0.6 is 0 Å². The number of aromatic nitrogens is 1. The Hall–Kier alpha value is -0.940. The molecule has 1 aromatic heterocycles. The fourth-order valence-corrected chi connectivity index (χ4v) is 2.40. The molecule has 1 atom stereocenters. The van der Waals surface area contributed by atoms with Gasteiger partial charge >= 0.3 is 0 Å². The molecule has 0 aliphatic rings. The van der Waals surface area contributed by atoms with Gasteiger partial charge in [0.15, 0.2) is 0 Å². The van der Waals surface area contributed by atoms with Crippen LogP contribution in [0.3, 0.4) is 0 Å². The molecule has 0 saturated heterocycles. The van der Waals surface area contributed by atoms with Gasteiger partial charge in [-0.3, -0.25) is 4.98 Å². The third-order valence-electron chi connectivity index (χ3n) is 2.60. The molecule has 1 heterocycles. The molecule has 1 unspecified atom stereocenters. The number of hydrogen-bond donors (Lipinski definition) is 1. The van der Waals surface area contributed by atoms with E-state index in [1.807, 2.05) is 26.0 Å². The minimum absolute atomic E-state index is 0.143. The largest absolute Gasteiger partial charge is 0.261 e. The van der Waals surface area contributed by atoms with Crippen molar-refractivity contribution in [1.82, 2.24) is 9.71 Å². The second kappa shape index (κ2) is 5.60. The first kappa shape index (κ1) is 14.1. The molecule has 1 N–H and O–H groups in total. The van der Waals surface area contributed by atoms with Crippen molar-refractivity contribution in [3.8, 4) is 0 Å². The predicted octanol–water partition coefficient (Wildman–Crippen LogP) is 1.65. The van der Waals surface area contributed by atoms with Gasteiger partial charge in [0.1, 0.15) is 0 Å². The average molecular weight is 256 g/mol. The molecule has 0 amide bonds. The molecule has 0 bridgehead atoms. The summed E-state index contributed by atoms with van der Waals surface area (Å²) in [6.45, 7) is 7.17. The highest BCUT2D eigenvalue weighted by Gasteiger charge is 2.19. The third-order valence-corrected chi connectivity index (χ3v) is 4.58. The van der Waals surface area contributed by atoms with Crippen molar-refractivity contribution in [2.75, 3.05) is 0 Å². The maximum absolute atomic E-state index is 11.7. The van der Waals surface area contributed by atoms with E-state index in [9.17, 15) is 8.42 Å². The molecule has 17 heavy (non-hydrogen) atoms. The van der Waals surface area contributed by atoms with Gasteiger partial charge < -0.3 is 0 Å². The first-order valence-corrected chi connectivity index (χ1v) is 7.29. The zero-order chi connectivity index (χ0) is 13.1. The van der Waals surface area contributed by atoms with Crippen molar-refractivity contribution in [2.45, 2.75) is 45.4 Å². The maximum Gasteiger partial charge on any atom is 0.214 e. The van der Waals surface area contributed by atoms with Gasteiger partial charge in [0.25, 0.3) is 0 Å². The van der Waals surface area contributed by atoms with E-state index in [2.05, 4.69) is 9.71 Å². The van der Waals surface area contributed by atoms with E-state index in [-0.39, 0.29) is 6.04 Å². The quantitative estimate of drug-likeness (QED) is 0.871. The van der Waals surface area contributed by atoms with Crippen LogP contribution in [-0.2, 0) is 16.4 Å². The van der Waals surface area contributed by atoms with E-state index in [1.54, 1.807) is 20.0 Å². The lowest BCUT2D eigenvalue weighted by atomic mass is 10.1. The van der Waals surface area contributed by atoms with E-state index in [0.717, 1.165) is 11.3 Å². The number of rotatable bonds is 5. The van der Waals surface area contributed by atoms with Crippen molar-refractivity contribution in [1.29, 1.82) is 0 Å². The molecule has 96 valence electrons. The Morgan fingerprint density at radius 1 is 1.35 bits per heavy atom. The summed E-state index contributed by atoms with van der Waals surface area (Å²) in [6.07, 6.45) is 2.34. The molecule has 0 saturated carbocycles. The van der Waals surface area contributed by atoms with Crippen LogP contribution in [0.15, 0.2) is 18.3 Å². The summed E-state index contributed by atoms with van der Waals surface area (Å²) < 4.78 is 26.0. The van der Waals surface area contributed by atoms with Crippen molar-refractivity contribution in [2.24, 2.45) is 0 Å². The van der Waals surface area contributed by atoms with Crippen LogP contribution in [0.1, 0.15) is 32.0 Å². The molecule has 0 fully saturated rings. The van der Waals surface area contributed by atoms with Gasteiger partial charge in [0, 0.05) is 24.4 Å². The van der Waals surface area contributed by atoms with Crippen LogP contribution in [-0.4, -0.2) is 24.7 Å². The summed E-state index contributed by atoms with van der Waals surface area (Å²) in [6, 6.07) is 3.71. The van der Waals surface area contributed by atoms with Crippen LogP contribution < -0.4 is 4.72 Å². The zero-order valence-electron chi connectivity index (χ0n) is 10.8. The highest BCUT2D eigenvalue weighted by atomic mass is 32.2. The molecule has 5 heteroatoms. The molecule has 0 aliphatic carbocycles. The molecular formula is C12H20N2O2S. The lowest BCUT2D eigenvalue weighted by molar-refractivity contribution is 0.549. The standard InChI is InChI=1S/C12H20N2O2S/c1-9(2)17(15,16)14-11(4)8-12-10(3)6-5-7-13-12/h5-7,9,11,14H,8H2,1-4H3. The molecule has 1 rings (SSSR count). The van der Waals surface area contributed by atoms with Crippen LogP contribution in [0, 0.1) is 6.92 Å². The van der Waals surface area contributed by atoms with E-state index >= 15 is 0 Å². The summed E-state index contributed by atoms with van der Waals surface area (Å²) in [7, 11) is -3.21. The molecule has 0 aromatic carbocycles. The number of aryl methyl sites for hydroxylation is 1. The number of nitrogens with zero attached hydrogens (tertiary/aromatic N) is 1. The first-order valence-electron chi connectivity index (χ1n) is 5.74. The van der Waals surface area contributed by atoms with Gasteiger partial charge in [-0.2, -0.15) is 0 Å². The van der Waals surface area contributed by atoms with Gasteiger partial charge in [-0.25, -0.2) is 13.1 Å². The lowest BCUT2D eigenvalue weighted by Gasteiger charge is -2.16. The normalized spacial score (nSPS) is 13.9. The number of pyridine rings is 1. The highest BCUT2D eigenvalue weighted by molar-refractivity contribution is 7.90. The molecule has 0 spiro atoms. The van der Waals surface area contributed by atoms with Crippen LogP contribution in [0.4, 0.5) is 0 Å². The van der Waals surface area contributed by atoms with Crippen molar-refractivity contribution < 1.29 is 8.42 Å². The molecule has 4 nitrogen and oxygen atoms in total. The van der Waals surface area contributed by atoms with Gasteiger partial charge in [-0.15, -0.1) is 0 Å². The first-order chi connectivity index (χ1) is 7.83. The Labute approximate surface area is 104 Å². The van der Waals surface area contributed by atoms with E-state index in [0.29, 0.717) is 6.42 Å². The second-order valence-corrected chi connectivity index (χ2v) is 6.85. The SMILES string of the molecule is Cc1cccnc1CC(C)NS(=O)(=O)C(C)C. The summed E-state index contributed by atoms with van der Waals surface area (Å²) in [5.74, 6) is 0. The number of hydrogen-bond acceptors (Lipinski definition) is 3. The minimum Gasteiger partial charge on any atom is -0.261 e. The molecule has 0 aliphatic heterocycles. The molecule has 0 radical (unpaired) electrons. The Kier molecular flexibility index (Phi) is 4.65. The Balaban J connectivity index is 2.69. The van der Waals surface area contributed by atoms with E-state index in [1.165, 1.54) is 0 Å². The summed E-state index contributed by atoms with van der Waals surface area (Å²) in [4.78, 5) is 4.26. The maximum atomic E-state index is 11.7. The fourth-order valence-electron chi connectivity index (χ4n) is 1.48. The van der Waals surface area contributed by atoms with Crippen molar-refractivity contribution >= 4 is 10.0 Å². The average Bonchev–Trinajstić information content (AvgIpc) is 2.20. The van der Waals surface area contributed by atoms with Gasteiger partial charge in [-0.05, 0) is 39.3 Å². The van der Waals surface area contributed by atoms with Gasteiger partial charge in [0.05, 0.1) is 5.25 Å². The van der Waals surface area contributed by atoms with Crippen LogP contribution in [0.5, 0.6) is 0 Å². The topological polar surface area (TPSA) is 59.1 Å². The second-order valence-electron chi connectivity index (χ2n) is 4.58.